The Bertz CT molecular complexity index is 613. The Morgan fingerprint density at radius 3 is 2.94 bits per heavy atom. The van der Waals surface area contributed by atoms with Crippen LogP contribution in [0.2, 0.25) is 0 Å². The summed E-state index contributed by atoms with van der Waals surface area (Å²) in [6.07, 6.45) is 13.8. The van der Waals surface area contributed by atoms with Crippen LogP contribution >= 0.6 is 11.3 Å². The molecule has 0 fully saturated rings. The number of hydrogen-bond acceptors (Lipinski definition) is 5. The highest BCUT2D eigenvalue weighted by Gasteiger charge is 2.21. The van der Waals surface area contributed by atoms with Crippen molar-refractivity contribution in [1.82, 2.24) is 10.2 Å². The SMILES string of the molecule is CS(=O)c1nnc(C2=CC3C=CN=CC3C=C2)s1. The maximum absolute atomic E-state index is 11.3. The van der Waals surface area contributed by atoms with Crippen molar-refractivity contribution in [2.24, 2.45) is 16.8 Å². The van der Waals surface area contributed by atoms with E-state index in [9.17, 15) is 4.21 Å². The van der Waals surface area contributed by atoms with Crippen LogP contribution in [0.4, 0.5) is 0 Å². The minimum absolute atomic E-state index is 0.335. The Morgan fingerprint density at radius 2 is 2.17 bits per heavy atom. The molecule has 4 nitrogen and oxygen atoms in total. The van der Waals surface area contributed by atoms with Crippen LogP contribution in [0.3, 0.4) is 0 Å². The highest BCUT2D eigenvalue weighted by Crippen LogP contribution is 2.31. The van der Waals surface area contributed by atoms with Crippen LogP contribution in [0.15, 0.2) is 39.8 Å². The molecule has 6 heteroatoms. The molecule has 2 heterocycles. The summed E-state index contributed by atoms with van der Waals surface area (Å²) in [5, 5.41) is 8.87. The number of aliphatic imine (C=N–C) groups is 1. The van der Waals surface area contributed by atoms with E-state index in [1.54, 1.807) is 6.26 Å². The molecule has 0 saturated heterocycles. The molecule has 2 aliphatic rings. The summed E-state index contributed by atoms with van der Waals surface area (Å²) in [5.41, 5.74) is 1.05. The second-order valence-corrected chi connectivity index (χ2v) is 6.63. The molecule has 0 bridgehead atoms. The fourth-order valence-electron chi connectivity index (χ4n) is 1.93. The van der Waals surface area contributed by atoms with Crippen LogP contribution in [-0.2, 0) is 10.8 Å². The highest BCUT2D eigenvalue weighted by molar-refractivity contribution is 7.86. The van der Waals surface area contributed by atoms with Gasteiger partial charge >= 0.3 is 0 Å². The van der Waals surface area contributed by atoms with Gasteiger partial charge < -0.3 is 0 Å². The summed E-state index contributed by atoms with van der Waals surface area (Å²) >= 11 is 1.39. The quantitative estimate of drug-likeness (QED) is 0.831. The van der Waals surface area contributed by atoms with Crippen LogP contribution in [0.25, 0.3) is 5.57 Å². The molecule has 3 unspecified atom stereocenters. The van der Waals surface area contributed by atoms with E-state index in [4.69, 9.17) is 0 Å². The van der Waals surface area contributed by atoms with Crippen molar-refractivity contribution in [3.8, 4) is 0 Å². The molecular weight excluding hydrogens is 266 g/mol. The van der Waals surface area contributed by atoms with Gasteiger partial charge in [0.2, 0.25) is 4.34 Å². The van der Waals surface area contributed by atoms with Gasteiger partial charge in [0.1, 0.15) is 5.01 Å². The third-order valence-electron chi connectivity index (χ3n) is 2.87. The van der Waals surface area contributed by atoms with Crippen LogP contribution in [0.1, 0.15) is 5.01 Å². The van der Waals surface area contributed by atoms with Crippen molar-refractivity contribution in [1.29, 1.82) is 0 Å². The molecule has 0 spiro atoms. The maximum Gasteiger partial charge on any atom is 0.204 e. The maximum atomic E-state index is 11.3. The van der Waals surface area contributed by atoms with Gasteiger partial charge in [0.25, 0.3) is 0 Å². The fourth-order valence-corrected chi connectivity index (χ4v) is 3.38. The third-order valence-corrected chi connectivity index (χ3v) is 5.16. The van der Waals surface area contributed by atoms with E-state index < -0.39 is 10.8 Å². The highest BCUT2D eigenvalue weighted by atomic mass is 32.2. The molecule has 0 saturated carbocycles. The number of rotatable bonds is 2. The molecule has 18 heavy (non-hydrogen) atoms. The van der Waals surface area contributed by atoms with Gasteiger partial charge in [-0.25, -0.2) is 0 Å². The monoisotopic (exact) mass is 277 g/mol. The van der Waals surface area contributed by atoms with E-state index in [0.29, 0.717) is 16.2 Å². The molecule has 3 atom stereocenters. The van der Waals surface area contributed by atoms with E-state index >= 15 is 0 Å². The van der Waals surface area contributed by atoms with Crippen LogP contribution < -0.4 is 0 Å². The molecule has 0 aromatic carbocycles. The Labute approximate surface area is 111 Å². The normalized spacial score (nSPS) is 26.8. The first-order valence-corrected chi connectivity index (χ1v) is 7.89. The average Bonchev–Trinajstić information content (AvgIpc) is 2.88. The van der Waals surface area contributed by atoms with Crippen LogP contribution in [0, 0.1) is 11.8 Å². The van der Waals surface area contributed by atoms with E-state index in [0.717, 1.165) is 10.6 Å². The van der Waals surface area contributed by atoms with Crippen molar-refractivity contribution < 1.29 is 4.21 Å². The van der Waals surface area contributed by atoms with E-state index in [1.807, 2.05) is 18.5 Å². The Morgan fingerprint density at radius 1 is 1.28 bits per heavy atom. The Hall–Kier alpha value is -1.40. The first-order valence-electron chi connectivity index (χ1n) is 5.51. The Kier molecular flexibility index (Phi) is 3.05. The molecular formula is C12H11N3OS2. The summed E-state index contributed by atoms with van der Waals surface area (Å²) in [4.78, 5) is 4.13. The predicted molar refractivity (Wildman–Crippen MR) is 74.0 cm³/mol. The predicted octanol–water partition coefficient (Wildman–Crippen LogP) is 2.06. The van der Waals surface area contributed by atoms with Gasteiger partial charge in [0, 0.05) is 36.1 Å². The molecule has 92 valence electrons. The minimum atomic E-state index is -1.06. The largest absolute Gasteiger partial charge is 0.269 e. The topological polar surface area (TPSA) is 55.2 Å². The lowest BCUT2D eigenvalue weighted by Crippen LogP contribution is -2.15. The summed E-state index contributed by atoms with van der Waals surface area (Å²) in [7, 11) is -1.06. The number of hydrogen-bond donors (Lipinski definition) is 0. The second-order valence-electron chi connectivity index (χ2n) is 4.10. The summed E-state index contributed by atoms with van der Waals surface area (Å²) < 4.78 is 11.9. The van der Waals surface area contributed by atoms with E-state index in [2.05, 4.69) is 33.4 Å². The summed E-state index contributed by atoms with van der Waals surface area (Å²) in [6.45, 7) is 0. The van der Waals surface area contributed by atoms with Gasteiger partial charge in [0.05, 0.1) is 10.8 Å². The lowest BCUT2D eigenvalue weighted by molar-refractivity contribution is 0.685. The Balaban J connectivity index is 1.91. The summed E-state index contributed by atoms with van der Waals surface area (Å²) in [6, 6.07) is 0. The fraction of sp³-hybridized carbons (Fsp3) is 0.250. The lowest BCUT2D eigenvalue weighted by atomic mass is 9.85. The molecule has 3 rings (SSSR count). The molecule has 1 aliphatic carbocycles. The lowest BCUT2D eigenvalue weighted by Gasteiger charge is -2.21. The summed E-state index contributed by atoms with van der Waals surface area (Å²) in [5.74, 6) is 0.674. The molecule has 0 amide bonds. The van der Waals surface area contributed by atoms with E-state index in [1.165, 1.54) is 11.3 Å². The van der Waals surface area contributed by atoms with Gasteiger partial charge in [0.15, 0.2) is 0 Å². The van der Waals surface area contributed by atoms with Crippen molar-refractivity contribution in [2.75, 3.05) is 6.26 Å². The van der Waals surface area contributed by atoms with Crippen molar-refractivity contribution in [3.63, 3.8) is 0 Å². The van der Waals surface area contributed by atoms with Gasteiger partial charge in [-0.3, -0.25) is 9.20 Å². The van der Waals surface area contributed by atoms with Gasteiger partial charge in [-0.2, -0.15) is 0 Å². The number of nitrogens with zero attached hydrogens (tertiary/aromatic N) is 3. The number of allylic oxidation sites excluding steroid dienone is 5. The van der Waals surface area contributed by atoms with Crippen molar-refractivity contribution in [3.05, 3.63) is 35.5 Å². The number of aromatic nitrogens is 2. The van der Waals surface area contributed by atoms with Crippen LogP contribution in [-0.4, -0.2) is 26.9 Å². The molecule has 1 aliphatic heterocycles. The third kappa shape index (κ3) is 2.13. The number of fused-ring (bicyclic) bond motifs is 1. The zero-order chi connectivity index (χ0) is 12.5. The van der Waals surface area contributed by atoms with Gasteiger partial charge in [-0.1, -0.05) is 35.6 Å². The molecule has 0 N–H and O–H groups in total. The van der Waals surface area contributed by atoms with Crippen molar-refractivity contribution in [2.45, 2.75) is 4.34 Å². The smallest absolute Gasteiger partial charge is 0.204 e. The zero-order valence-electron chi connectivity index (χ0n) is 9.69. The van der Waals surface area contributed by atoms with Crippen molar-refractivity contribution >= 4 is 33.9 Å². The van der Waals surface area contributed by atoms with Gasteiger partial charge in [-0.15, -0.1) is 10.2 Å². The molecule has 1 aromatic rings. The zero-order valence-corrected chi connectivity index (χ0v) is 11.3. The second kappa shape index (κ2) is 4.70. The van der Waals surface area contributed by atoms with Gasteiger partial charge in [-0.05, 0) is 0 Å². The first-order chi connectivity index (χ1) is 8.74. The standard InChI is InChI=1S/C12H11N3OS2/c1-18(16)12-15-14-11(17-12)9-2-3-10-7-13-5-4-8(10)6-9/h2-8,10H,1H3. The van der Waals surface area contributed by atoms with Crippen LogP contribution in [0.5, 0.6) is 0 Å². The molecule has 0 radical (unpaired) electrons. The minimum Gasteiger partial charge on any atom is -0.269 e. The van der Waals surface area contributed by atoms with E-state index in [-0.39, 0.29) is 0 Å². The molecule has 1 aromatic heterocycles. The first kappa shape index (κ1) is 11.7. The average molecular weight is 277 g/mol.